The molecule has 0 spiro atoms. The molecule has 4 rings (SSSR count). The zero-order chi connectivity index (χ0) is 17.4. The van der Waals surface area contributed by atoms with Gasteiger partial charge in [0.25, 0.3) is 11.5 Å². The number of hydrogen-bond donors (Lipinski definition) is 1. The summed E-state index contributed by atoms with van der Waals surface area (Å²) >= 11 is 0. The van der Waals surface area contributed by atoms with Crippen LogP contribution in [0.4, 0.5) is 0 Å². The van der Waals surface area contributed by atoms with Crippen molar-refractivity contribution in [3.8, 4) is 0 Å². The molecule has 0 radical (unpaired) electrons. The van der Waals surface area contributed by atoms with Crippen LogP contribution in [0.15, 0.2) is 41.5 Å². The number of aryl methyl sites for hydroxylation is 1. The Labute approximate surface area is 144 Å². The highest BCUT2D eigenvalue weighted by molar-refractivity contribution is 5.93. The summed E-state index contributed by atoms with van der Waals surface area (Å²) in [6.45, 7) is 3.08. The first-order valence-corrected chi connectivity index (χ1v) is 8.41. The molecule has 1 amide bonds. The number of aromatic amines is 1. The normalized spacial score (nSPS) is 15.6. The number of pyridine rings is 1. The fraction of sp³-hybridized carbons (Fsp3) is 0.333. The van der Waals surface area contributed by atoms with Crippen molar-refractivity contribution in [3.63, 3.8) is 0 Å². The Morgan fingerprint density at radius 2 is 2.08 bits per heavy atom. The van der Waals surface area contributed by atoms with E-state index in [0.29, 0.717) is 24.7 Å². The number of hydrogen-bond acceptors (Lipinski definition) is 4. The summed E-state index contributed by atoms with van der Waals surface area (Å²) in [5, 5.41) is 4.26. The Kier molecular flexibility index (Phi) is 3.83. The van der Waals surface area contributed by atoms with Gasteiger partial charge in [-0.1, -0.05) is 6.07 Å². The van der Waals surface area contributed by atoms with Crippen molar-refractivity contribution in [2.45, 2.75) is 25.7 Å². The number of likely N-dealkylation sites (tertiary alicyclic amines) is 1. The van der Waals surface area contributed by atoms with Crippen LogP contribution in [-0.4, -0.2) is 43.5 Å². The molecule has 1 aliphatic rings. The quantitative estimate of drug-likeness (QED) is 0.772. The molecule has 0 atom stereocenters. The summed E-state index contributed by atoms with van der Waals surface area (Å²) in [6.07, 6.45) is 5.02. The Morgan fingerprint density at radius 1 is 1.28 bits per heavy atom. The van der Waals surface area contributed by atoms with Crippen molar-refractivity contribution < 1.29 is 4.79 Å². The van der Waals surface area contributed by atoms with Gasteiger partial charge in [0.15, 0.2) is 0 Å². The molecule has 1 saturated heterocycles. The van der Waals surface area contributed by atoms with E-state index < -0.39 is 0 Å². The highest BCUT2D eigenvalue weighted by Crippen LogP contribution is 2.26. The predicted molar refractivity (Wildman–Crippen MR) is 92.7 cm³/mol. The second-order valence-electron chi connectivity index (χ2n) is 6.43. The lowest BCUT2D eigenvalue weighted by molar-refractivity contribution is 0.0709. The molecule has 1 N–H and O–H groups in total. The third-order valence-electron chi connectivity index (χ3n) is 4.71. The minimum absolute atomic E-state index is 0.131. The van der Waals surface area contributed by atoms with Crippen LogP contribution in [0.2, 0.25) is 0 Å². The zero-order valence-corrected chi connectivity index (χ0v) is 14.0. The minimum Gasteiger partial charge on any atom is -0.338 e. The maximum Gasteiger partial charge on any atom is 0.264 e. The van der Waals surface area contributed by atoms with Gasteiger partial charge in [0.05, 0.1) is 5.69 Å². The SMILES string of the molecule is Cc1cc2[nH]c(=O)c(C(=O)N3CCC(c4ccccn4)CC3)cn2n1. The Balaban J connectivity index is 1.52. The first-order chi connectivity index (χ1) is 12.1. The molecule has 0 unspecified atom stereocenters. The van der Waals surface area contributed by atoms with E-state index in [9.17, 15) is 9.59 Å². The second kappa shape index (κ2) is 6.16. The highest BCUT2D eigenvalue weighted by Gasteiger charge is 2.26. The van der Waals surface area contributed by atoms with Crippen molar-refractivity contribution in [1.29, 1.82) is 0 Å². The van der Waals surface area contributed by atoms with Gasteiger partial charge in [-0.15, -0.1) is 0 Å². The minimum atomic E-state index is -0.371. The highest BCUT2D eigenvalue weighted by atomic mass is 16.2. The van der Waals surface area contributed by atoms with Gasteiger partial charge in [0.2, 0.25) is 0 Å². The molecule has 0 aliphatic carbocycles. The maximum atomic E-state index is 12.8. The van der Waals surface area contributed by atoms with Gasteiger partial charge in [-0.2, -0.15) is 5.10 Å². The standard InChI is InChI=1S/C18H19N5O2/c1-12-10-16-20-17(24)14(11-23(16)21-12)18(25)22-8-5-13(6-9-22)15-4-2-3-7-19-15/h2-4,7,10-11,13H,5-6,8-9H2,1H3,(H,20,24). The van der Waals surface area contributed by atoms with Gasteiger partial charge in [-0.25, -0.2) is 4.52 Å². The molecule has 0 bridgehead atoms. The van der Waals surface area contributed by atoms with E-state index in [1.165, 1.54) is 6.20 Å². The van der Waals surface area contributed by atoms with Crippen molar-refractivity contribution in [3.05, 3.63) is 64.0 Å². The third-order valence-corrected chi connectivity index (χ3v) is 4.71. The van der Waals surface area contributed by atoms with Crippen LogP contribution in [0.1, 0.15) is 40.5 Å². The van der Waals surface area contributed by atoms with E-state index in [1.807, 2.05) is 25.1 Å². The van der Waals surface area contributed by atoms with E-state index in [4.69, 9.17) is 0 Å². The van der Waals surface area contributed by atoms with Gasteiger partial charge >= 0.3 is 0 Å². The monoisotopic (exact) mass is 337 g/mol. The van der Waals surface area contributed by atoms with E-state index in [1.54, 1.807) is 21.7 Å². The Bertz CT molecular complexity index is 968. The molecular formula is C18H19N5O2. The lowest BCUT2D eigenvalue weighted by Gasteiger charge is -2.31. The number of aromatic nitrogens is 4. The number of rotatable bonds is 2. The molecule has 0 aromatic carbocycles. The molecule has 25 heavy (non-hydrogen) atoms. The van der Waals surface area contributed by atoms with Crippen LogP contribution < -0.4 is 5.56 Å². The number of carbonyl (C=O) groups is 1. The Morgan fingerprint density at radius 3 is 2.80 bits per heavy atom. The summed E-state index contributed by atoms with van der Waals surface area (Å²) in [5.74, 6) is 0.121. The smallest absolute Gasteiger partial charge is 0.264 e. The third kappa shape index (κ3) is 2.93. The summed E-state index contributed by atoms with van der Waals surface area (Å²) in [5.41, 5.74) is 2.21. The maximum absolute atomic E-state index is 12.8. The lowest BCUT2D eigenvalue weighted by Crippen LogP contribution is -2.40. The lowest BCUT2D eigenvalue weighted by atomic mass is 9.93. The molecule has 7 nitrogen and oxygen atoms in total. The van der Waals surface area contributed by atoms with E-state index >= 15 is 0 Å². The number of amides is 1. The molecule has 3 aromatic heterocycles. The topological polar surface area (TPSA) is 83.4 Å². The molecule has 1 aliphatic heterocycles. The summed E-state index contributed by atoms with van der Waals surface area (Å²) < 4.78 is 1.55. The van der Waals surface area contributed by atoms with E-state index in [0.717, 1.165) is 24.2 Å². The fourth-order valence-electron chi connectivity index (χ4n) is 3.39. The number of piperidine rings is 1. The van der Waals surface area contributed by atoms with Crippen LogP contribution in [-0.2, 0) is 0 Å². The van der Waals surface area contributed by atoms with Crippen molar-refractivity contribution in [2.24, 2.45) is 0 Å². The molecule has 0 saturated carbocycles. The van der Waals surface area contributed by atoms with Crippen LogP contribution >= 0.6 is 0 Å². The summed E-state index contributed by atoms with van der Waals surface area (Å²) in [6, 6.07) is 7.69. The number of nitrogens with zero attached hydrogens (tertiary/aromatic N) is 4. The van der Waals surface area contributed by atoms with Crippen LogP contribution in [0.3, 0.4) is 0 Å². The van der Waals surface area contributed by atoms with Gasteiger partial charge < -0.3 is 9.88 Å². The molecule has 3 aromatic rings. The van der Waals surface area contributed by atoms with Gasteiger partial charge in [0.1, 0.15) is 11.2 Å². The van der Waals surface area contributed by atoms with E-state index in [2.05, 4.69) is 15.1 Å². The average Bonchev–Trinajstić information content (AvgIpc) is 3.00. The fourth-order valence-corrected chi connectivity index (χ4v) is 3.39. The Hall–Kier alpha value is -2.96. The number of H-pyrrole nitrogens is 1. The molecule has 7 heteroatoms. The van der Waals surface area contributed by atoms with Crippen LogP contribution in [0.25, 0.3) is 5.65 Å². The largest absolute Gasteiger partial charge is 0.338 e. The van der Waals surface area contributed by atoms with E-state index in [-0.39, 0.29) is 17.0 Å². The van der Waals surface area contributed by atoms with Gasteiger partial charge in [0, 0.05) is 43.2 Å². The number of fused-ring (bicyclic) bond motifs is 1. The van der Waals surface area contributed by atoms with Crippen molar-refractivity contribution in [1.82, 2.24) is 24.5 Å². The van der Waals surface area contributed by atoms with Crippen molar-refractivity contribution >= 4 is 11.6 Å². The molecule has 4 heterocycles. The first kappa shape index (κ1) is 15.6. The van der Waals surface area contributed by atoms with Gasteiger partial charge in [-0.05, 0) is 31.9 Å². The molecular weight excluding hydrogens is 318 g/mol. The van der Waals surface area contributed by atoms with Crippen LogP contribution in [0.5, 0.6) is 0 Å². The molecule has 1 fully saturated rings. The van der Waals surface area contributed by atoms with Crippen molar-refractivity contribution in [2.75, 3.05) is 13.1 Å². The van der Waals surface area contributed by atoms with Crippen LogP contribution in [0, 0.1) is 6.92 Å². The van der Waals surface area contributed by atoms with Gasteiger partial charge in [-0.3, -0.25) is 14.6 Å². The summed E-state index contributed by atoms with van der Waals surface area (Å²) in [7, 11) is 0. The summed E-state index contributed by atoms with van der Waals surface area (Å²) in [4.78, 5) is 33.9. The molecule has 128 valence electrons. The zero-order valence-electron chi connectivity index (χ0n) is 14.0. The number of nitrogens with one attached hydrogen (secondary N) is 1. The number of carbonyl (C=O) groups excluding carboxylic acids is 1. The predicted octanol–water partition coefficient (Wildman–Crippen LogP) is 1.75. The second-order valence-corrected chi connectivity index (χ2v) is 6.43. The average molecular weight is 337 g/mol. The first-order valence-electron chi connectivity index (χ1n) is 8.41.